The number of aliphatic imine (C=N–C) groups is 1. The Morgan fingerprint density at radius 2 is 1.24 bits per heavy atom. The molecule has 0 spiro atoms. The predicted octanol–water partition coefficient (Wildman–Crippen LogP) is 9.27. The molecule has 358 valence electrons. The number of ketones is 1. The highest BCUT2D eigenvalue weighted by molar-refractivity contribution is 6.76. The van der Waals surface area contributed by atoms with Crippen LogP contribution in [0.1, 0.15) is 108 Å². The maximum atomic E-state index is 14.0. The normalized spacial score (nSPS) is 12.1. The third-order valence-electron chi connectivity index (χ3n) is 8.52. The second kappa shape index (κ2) is 23.1. The Kier molecular flexibility index (Phi) is 18.8. The minimum Gasteiger partial charge on any atom is -0.464 e. The van der Waals surface area contributed by atoms with Gasteiger partial charge in [0, 0.05) is 20.2 Å². The van der Waals surface area contributed by atoms with Gasteiger partial charge >= 0.3 is 36.2 Å². The number of Topliss-reactive ketones (excluding diaryl/α,β-unsaturated/α-hetero) is 1. The average Bonchev–Trinajstić information content (AvgIpc) is 3.16. The molecule has 0 unspecified atom stereocenters. The minimum atomic E-state index is -1.62. The second-order valence-corrected chi connectivity index (χ2v) is 25.1. The van der Waals surface area contributed by atoms with E-state index >= 15 is 0 Å². The number of nitrogens with zero attached hydrogens (tertiary/aromatic N) is 2. The molecule has 2 N–H and O–H groups in total. The molecule has 0 fully saturated rings. The molecule has 3 aromatic rings. The van der Waals surface area contributed by atoms with Crippen molar-refractivity contribution in [1.82, 2.24) is 15.5 Å². The number of carbonyl (C=O) groups is 7. The first-order valence-electron chi connectivity index (χ1n) is 21.4. The maximum Gasteiger partial charge on any atom is 0.414 e. The summed E-state index contributed by atoms with van der Waals surface area (Å²) in [6.07, 6.45) is -3.19. The van der Waals surface area contributed by atoms with Crippen LogP contribution in [0, 0.1) is 0 Å². The third-order valence-corrected chi connectivity index (χ3v) is 10.2. The van der Waals surface area contributed by atoms with Crippen molar-refractivity contribution in [3.05, 3.63) is 95.1 Å². The van der Waals surface area contributed by atoms with Gasteiger partial charge in [-0.2, -0.15) is 0 Å². The molecule has 0 aliphatic carbocycles. The van der Waals surface area contributed by atoms with Gasteiger partial charge < -0.3 is 28.4 Å². The summed E-state index contributed by atoms with van der Waals surface area (Å²) in [5, 5.41) is 4.78. The van der Waals surface area contributed by atoms with Crippen molar-refractivity contribution in [2.24, 2.45) is 4.99 Å². The summed E-state index contributed by atoms with van der Waals surface area (Å²) < 4.78 is 33.0. The number of alkyl carbamates (subject to hydrolysis) is 2. The molecule has 0 aliphatic heterocycles. The zero-order valence-corrected chi connectivity index (χ0v) is 41.2. The smallest absolute Gasteiger partial charge is 0.414 e. The number of esters is 3. The van der Waals surface area contributed by atoms with Crippen LogP contribution in [0.15, 0.2) is 77.8 Å². The molecule has 1 atom stereocenters. The minimum absolute atomic E-state index is 0.101. The van der Waals surface area contributed by atoms with Crippen LogP contribution in [-0.2, 0) is 46.4 Å². The summed E-state index contributed by atoms with van der Waals surface area (Å²) in [4.78, 5) is 96.6. The second-order valence-electron chi connectivity index (χ2n) is 19.5. The van der Waals surface area contributed by atoms with Gasteiger partial charge in [0.2, 0.25) is 5.96 Å². The summed E-state index contributed by atoms with van der Waals surface area (Å²) >= 11 is 0. The van der Waals surface area contributed by atoms with Crippen molar-refractivity contribution in [1.29, 1.82) is 0 Å². The highest BCUT2D eigenvalue weighted by atomic mass is 28.3. The van der Waals surface area contributed by atoms with E-state index in [1.54, 1.807) is 98.7 Å². The molecule has 0 radical (unpaired) electrons. The van der Waals surface area contributed by atoms with Gasteiger partial charge in [0.15, 0.2) is 5.78 Å². The Bertz CT molecular complexity index is 2200. The summed E-state index contributed by atoms with van der Waals surface area (Å²) in [5.74, 6) is -2.54. The zero-order chi connectivity index (χ0) is 49.6. The predicted molar refractivity (Wildman–Crippen MR) is 249 cm³/mol. The van der Waals surface area contributed by atoms with E-state index in [4.69, 9.17) is 28.4 Å². The Balaban J connectivity index is 1.79. The first-order valence-corrected chi connectivity index (χ1v) is 25.1. The van der Waals surface area contributed by atoms with Gasteiger partial charge in [-0.3, -0.25) is 25.1 Å². The molecule has 3 amide bonds. The van der Waals surface area contributed by atoms with Gasteiger partial charge in [-0.15, -0.1) is 0 Å². The van der Waals surface area contributed by atoms with Crippen molar-refractivity contribution in [2.45, 2.75) is 137 Å². The van der Waals surface area contributed by atoms with Crippen LogP contribution in [0.2, 0.25) is 25.7 Å². The van der Waals surface area contributed by atoms with Gasteiger partial charge in [-0.05, 0) is 129 Å². The number of nitrogens with one attached hydrogen (secondary N) is 2. The van der Waals surface area contributed by atoms with Crippen molar-refractivity contribution >= 4 is 61.7 Å². The SMILES string of the molecule is CC(=O)c1cccc(CN(C(=O)OCc2ccc(OC(=O)c3ccc(N=C(NC(=O)OC(C)(C)C)NC(=O)OC(C)(C)C)cc3)cc2)[C@@H](CC(=O)OC(C)(C)C)C(=O)OCC[Si](C)(C)C)c1. The molecule has 3 rings (SSSR count). The first-order chi connectivity index (χ1) is 30.4. The largest absolute Gasteiger partial charge is 0.464 e. The number of guanidine groups is 1. The van der Waals surface area contributed by atoms with Crippen molar-refractivity contribution in [3.8, 4) is 5.75 Å². The quantitative estimate of drug-likeness (QED) is 0.0277. The number of hydrogen-bond donors (Lipinski definition) is 2. The lowest BCUT2D eigenvalue weighted by atomic mass is 10.1. The molecule has 0 heterocycles. The van der Waals surface area contributed by atoms with Crippen molar-refractivity contribution in [2.75, 3.05) is 6.61 Å². The Morgan fingerprint density at radius 3 is 1.76 bits per heavy atom. The van der Waals surface area contributed by atoms with E-state index in [-0.39, 0.29) is 48.5 Å². The summed E-state index contributed by atoms with van der Waals surface area (Å²) in [5.41, 5.74) is -0.719. The van der Waals surface area contributed by atoms with Crippen LogP contribution in [-0.4, -0.2) is 90.4 Å². The highest BCUT2D eigenvalue weighted by Crippen LogP contribution is 2.22. The topological polar surface area (TPSA) is 215 Å². The summed E-state index contributed by atoms with van der Waals surface area (Å²) in [6, 6.07) is 17.8. The van der Waals surface area contributed by atoms with Crippen LogP contribution in [0.3, 0.4) is 0 Å². The van der Waals surface area contributed by atoms with E-state index < -0.39 is 73.5 Å². The Morgan fingerprint density at radius 1 is 0.682 bits per heavy atom. The number of hydrogen-bond acceptors (Lipinski definition) is 14. The average molecular weight is 933 g/mol. The van der Waals surface area contributed by atoms with E-state index in [1.807, 2.05) is 0 Å². The zero-order valence-electron chi connectivity index (χ0n) is 40.2. The Labute approximate surface area is 387 Å². The number of ether oxygens (including phenoxy) is 6. The molecular formula is C48H64N4O13Si. The fraction of sp³-hybridized carbons (Fsp3) is 0.458. The van der Waals surface area contributed by atoms with E-state index in [1.165, 1.54) is 43.3 Å². The van der Waals surface area contributed by atoms with Gasteiger partial charge in [0.1, 0.15) is 35.2 Å². The fourth-order valence-corrected chi connectivity index (χ4v) is 6.25. The molecule has 0 aliphatic rings. The lowest BCUT2D eigenvalue weighted by Crippen LogP contribution is -2.47. The molecule has 66 heavy (non-hydrogen) atoms. The van der Waals surface area contributed by atoms with Crippen LogP contribution in [0.25, 0.3) is 0 Å². The molecule has 18 heteroatoms. The van der Waals surface area contributed by atoms with E-state index in [2.05, 4.69) is 35.3 Å². The van der Waals surface area contributed by atoms with Gasteiger partial charge in [-0.25, -0.2) is 29.0 Å². The molecule has 17 nitrogen and oxygen atoms in total. The standard InChI is InChI=1S/C48H64N4O13Si/c1-31(53)35-16-14-15-33(27-35)29-52(38(28-39(54)63-46(2,3)4)41(56)60-25-26-66(11,12)13)45(59)61-30-32-17-23-37(24-18-32)62-40(55)34-19-21-36(22-20-34)49-42(50-43(57)64-47(5,6)7)51-44(58)65-48(8,9)10/h14-24,27,38H,25-26,28-30H2,1-13H3,(H2,49,50,51,57,58)/t38-/m0/s1. The lowest BCUT2D eigenvalue weighted by molar-refractivity contribution is -0.162. The molecule has 0 bridgehead atoms. The third kappa shape index (κ3) is 20.5. The number of amides is 3. The van der Waals surface area contributed by atoms with E-state index in [9.17, 15) is 33.6 Å². The molecule has 3 aromatic carbocycles. The van der Waals surface area contributed by atoms with E-state index in [0.717, 1.165) is 4.90 Å². The van der Waals surface area contributed by atoms with E-state index in [0.29, 0.717) is 22.7 Å². The van der Waals surface area contributed by atoms with Gasteiger partial charge in [0.05, 0.1) is 24.3 Å². The molecule has 0 saturated heterocycles. The van der Waals surface area contributed by atoms with Crippen molar-refractivity contribution < 1.29 is 62.0 Å². The Hall–Kier alpha value is -6.56. The molecule has 0 aromatic heterocycles. The van der Waals surface area contributed by atoms with Crippen LogP contribution in [0.5, 0.6) is 5.75 Å². The highest BCUT2D eigenvalue weighted by Gasteiger charge is 2.36. The monoisotopic (exact) mass is 932 g/mol. The maximum absolute atomic E-state index is 14.0. The summed E-state index contributed by atoms with van der Waals surface area (Å²) in [7, 11) is -1.62. The number of rotatable bonds is 15. The van der Waals surface area contributed by atoms with Crippen LogP contribution >= 0.6 is 0 Å². The van der Waals surface area contributed by atoms with Gasteiger partial charge in [-0.1, -0.05) is 50.0 Å². The lowest BCUT2D eigenvalue weighted by Gasteiger charge is -2.30. The number of benzene rings is 3. The number of carbonyl (C=O) groups excluding carboxylic acids is 7. The molecule has 0 saturated carbocycles. The summed E-state index contributed by atoms with van der Waals surface area (Å²) in [6.45, 7) is 22.5. The van der Waals surface area contributed by atoms with Crippen LogP contribution < -0.4 is 15.4 Å². The first kappa shape index (κ1) is 53.8. The van der Waals surface area contributed by atoms with Crippen molar-refractivity contribution in [3.63, 3.8) is 0 Å². The van der Waals surface area contributed by atoms with Crippen LogP contribution in [0.4, 0.5) is 20.1 Å². The molecular weight excluding hydrogens is 869 g/mol. The van der Waals surface area contributed by atoms with Gasteiger partial charge in [0.25, 0.3) is 0 Å². The fourth-order valence-electron chi connectivity index (χ4n) is 5.54.